The minimum Gasteiger partial charge on any atom is -0.461 e. The van der Waals surface area contributed by atoms with E-state index in [9.17, 15) is 4.79 Å². The Balaban J connectivity index is 1.62. The minimum absolute atomic E-state index is 0.0701. The molecule has 2 fully saturated rings. The number of nitrogens with one attached hydrogen (secondary N) is 2. The molecule has 2 aliphatic rings. The zero-order chi connectivity index (χ0) is 15.9. The molecule has 0 bridgehead atoms. The van der Waals surface area contributed by atoms with Gasteiger partial charge in [-0.3, -0.25) is 4.79 Å². The largest absolute Gasteiger partial charge is 0.461 e. The molecule has 1 aliphatic heterocycles. The highest BCUT2D eigenvalue weighted by Crippen LogP contribution is 2.22. The van der Waals surface area contributed by atoms with Gasteiger partial charge in [-0.25, -0.2) is 0 Å². The number of rotatable bonds is 6. The van der Waals surface area contributed by atoms with Gasteiger partial charge in [0.15, 0.2) is 0 Å². The Bertz CT molecular complexity index is 479. The Hall–Kier alpha value is -1.39. The fourth-order valence-electron chi connectivity index (χ4n) is 3.59. The molecule has 1 aliphatic carbocycles. The molecule has 1 atom stereocenters. The smallest absolute Gasteiger partial charge is 0.323 e. The molecule has 0 unspecified atom stereocenters. The van der Waals surface area contributed by atoms with Crippen LogP contribution < -0.4 is 10.6 Å². The van der Waals surface area contributed by atoms with Gasteiger partial charge < -0.3 is 15.4 Å². The van der Waals surface area contributed by atoms with Crippen molar-refractivity contribution in [1.82, 2.24) is 10.6 Å². The molecule has 1 aromatic rings. The molecule has 1 heterocycles. The number of benzene rings is 1. The molecule has 1 aromatic carbocycles. The lowest BCUT2D eigenvalue weighted by atomic mass is 10.0. The van der Waals surface area contributed by atoms with Gasteiger partial charge in [-0.1, -0.05) is 30.3 Å². The van der Waals surface area contributed by atoms with Crippen molar-refractivity contribution in [1.29, 1.82) is 0 Å². The van der Waals surface area contributed by atoms with Crippen LogP contribution in [0.15, 0.2) is 30.3 Å². The van der Waals surface area contributed by atoms with Crippen LogP contribution in [0.1, 0.15) is 44.1 Å². The molecule has 0 aromatic heterocycles. The lowest BCUT2D eigenvalue weighted by Crippen LogP contribution is -2.49. The van der Waals surface area contributed by atoms with Gasteiger partial charge in [0.1, 0.15) is 12.1 Å². The monoisotopic (exact) mass is 316 g/mol. The van der Waals surface area contributed by atoms with Crippen molar-refractivity contribution in [3.63, 3.8) is 0 Å². The summed E-state index contributed by atoms with van der Waals surface area (Å²) >= 11 is 0. The molecule has 0 spiro atoms. The normalized spacial score (nSPS) is 21.2. The summed E-state index contributed by atoms with van der Waals surface area (Å²) in [7, 11) is 0. The van der Waals surface area contributed by atoms with Crippen LogP contribution in [0.5, 0.6) is 0 Å². The standard InChI is InChI=1S/C19H28N2O2/c22-19(23-17-8-4-5-9-17)18(14-15-6-2-1-3-7-15)21-16-10-12-20-13-11-16/h1-3,6-7,16-18,20-21H,4-5,8-14H2/t18-/m0/s1. The van der Waals surface area contributed by atoms with Crippen LogP contribution in [-0.2, 0) is 16.0 Å². The first-order valence-electron chi connectivity index (χ1n) is 9.02. The Kier molecular flexibility index (Phi) is 6.06. The van der Waals surface area contributed by atoms with E-state index in [4.69, 9.17) is 4.74 Å². The minimum atomic E-state index is -0.235. The van der Waals surface area contributed by atoms with Crippen LogP contribution >= 0.6 is 0 Å². The maximum absolute atomic E-state index is 12.7. The predicted octanol–water partition coefficient (Wildman–Crippen LogP) is 2.43. The number of carbonyl (C=O) groups is 1. The van der Waals surface area contributed by atoms with Crippen molar-refractivity contribution in [3.05, 3.63) is 35.9 Å². The zero-order valence-corrected chi connectivity index (χ0v) is 13.8. The van der Waals surface area contributed by atoms with Crippen molar-refractivity contribution in [3.8, 4) is 0 Å². The fraction of sp³-hybridized carbons (Fsp3) is 0.632. The summed E-state index contributed by atoms with van der Waals surface area (Å²) in [6.07, 6.45) is 7.40. The maximum Gasteiger partial charge on any atom is 0.323 e. The third-order valence-electron chi connectivity index (χ3n) is 4.93. The number of hydrogen-bond acceptors (Lipinski definition) is 4. The Morgan fingerprint density at radius 1 is 1.13 bits per heavy atom. The second kappa shape index (κ2) is 8.46. The SMILES string of the molecule is O=C(OC1CCCC1)[C@H](Cc1ccccc1)NC1CCNCC1. The Labute approximate surface area is 139 Å². The molecule has 0 radical (unpaired) electrons. The summed E-state index contributed by atoms with van der Waals surface area (Å²) in [6.45, 7) is 2.04. The summed E-state index contributed by atoms with van der Waals surface area (Å²) in [5.41, 5.74) is 1.18. The van der Waals surface area contributed by atoms with Gasteiger partial charge in [-0.15, -0.1) is 0 Å². The molecule has 126 valence electrons. The summed E-state index contributed by atoms with van der Waals surface area (Å²) in [6, 6.07) is 10.4. The van der Waals surface area contributed by atoms with Crippen molar-refractivity contribution >= 4 is 5.97 Å². The number of piperidine rings is 1. The van der Waals surface area contributed by atoms with Crippen LogP contribution in [0.25, 0.3) is 0 Å². The first-order chi connectivity index (χ1) is 11.3. The van der Waals surface area contributed by atoms with Crippen molar-refractivity contribution in [2.45, 2.75) is 63.1 Å². The van der Waals surface area contributed by atoms with E-state index in [1.54, 1.807) is 0 Å². The van der Waals surface area contributed by atoms with Gasteiger partial charge in [-0.2, -0.15) is 0 Å². The van der Waals surface area contributed by atoms with E-state index in [0.717, 1.165) is 38.8 Å². The molecule has 1 saturated heterocycles. The molecule has 2 N–H and O–H groups in total. The molecule has 23 heavy (non-hydrogen) atoms. The van der Waals surface area contributed by atoms with Crippen LogP contribution in [0.2, 0.25) is 0 Å². The first-order valence-corrected chi connectivity index (χ1v) is 9.02. The third-order valence-corrected chi connectivity index (χ3v) is 4.93. The van der Waals surface area contributed by atoms with E-state index in [1.165, 1.54) is 18.4 Å². The van der Waals surface area contributed by atoms with Gasteiger partial charge in [0.05, 0.1) is 0 Å². The maximum atomic E-state index is 12.7. The molecular weight excluding hydrogens is 288 g/mol. The van der Waals surface area contributed by atoms with E-state index < -0.39 is 0 Å². The quantitative estimate of drug-likeness (QED) is 0.792. The van der Waals surface area contributed by atoms with Gasteiger partial charge in [0.2, 0.25) is 0 Å². The lowest BCUT2D eigenvalue weighted by Gasteiger charge is -2.28. The molecule has 3 rings (SSSR count). The lowest BCUT2D eigenvalue weighted by molar-refractivity contribution is -0.151. The summed E-state index contributed by atoms with van der Waals surface area (Å²) in [5, 5.41) is 6.93. The highest BCUT2D eigenvalue weighted by atomic mass is 16.5. The second-order valence-electron chi connectivity index (χ2n) is 6.78. The number of carbonyl (C=O) groups excluding carboxylic acids is 1. The van der Waals surface area contributed by atoms with E-state index >= 15 is 0 Å². The summed E-state index contributed by atoms with van der Waals surface area (Å²) in [5.74, 6) is -0.0701. The average molecular weight is 316 g/mol. The van der Waals surface area contributed by atoms with Crippen LogP contribution in [-0.4, -0.2) is 37.2 Å². The molecular formula is C19H28N2O2. The highest BCUT2D eigenvalue weighted by Gasteiger charge is 2.28. The summed E-state index contributed by atoms with van der Waals surface area (Å²) < 4.78 is 5.77. The van der Waals surface area contributed by atoms with E-state index in [0.29, 0.717) is 12.5 Å². The van der Waals surface area contributed by atoms with Crippen molar-refractivity contribution < 1.29 is 9.53 Å². The van der Waals surface area contributed by atoms with Crippen LogP contribution in [0.4, 0.5) is 0 Å². The van der Waals surface area contributed by atoms with Crippen molar-refractivity contribution in [2.24, 2.45) is 0 Å². The van der Waals surface area contributed by atoms with Gasteiger partial charge in [0, 0.05) is 6.04 Å². The summed E-state index contributed by atoms with van der Waals surface area (Å²) in [4.78, 5) is 12.7. The van der Waals surface area contributed by atoms with Crippen LogP contribution in [0, 0.1) is 0 Å². The second-order valence-corrected chi connectivity index (χ2v) is 6.78. The van der Waals surface area contributed by atoms with Crippen molar-refractivity contribution in [2.75, 3.05) is 13.1 Å². The third kappa shape index (κ3) is 5.05. The Morgan fingerprint density at radius 3 is 2.52 bits per heavy atom. The fourth-order valence-corrected chi connectivity index (χ4v) is 3.59. The predicted molar refractivity (Wildman–Crippen MR) is 91.3 cm³/mol. The number of hydrogen-bond donors (Lipinski definition) is 2. The number of esters is 1. The number of ether oxygens (including phenoxy) is 1. The van der Waals surface area contributed by atoms with Gasteiger partial charge >= 0.3 is 5.97 Å². The van der Waals surface area contributed by atoms with E-state index in [1.807, 2.05) is 18.2 Å². The van der Waals surface area contributed by atoms with Gasteiger partial charge in [0.25, 0.3) is 0 Å². The van der Waals surface area contributed by atoms with E-state index in [2.05, 4.69) is 22.8 Å². The molecule has 0 amide bonds. The van der Waals surface area contributed by atoms with E-state index in [-0.39, 0.29) is 18.1 Å². The zero-order valence-electron chi connectivity index (χ0n) is 13.8. The topological polar surface area (TPSA) is 50.4 Å². The average Bonchev–Trinajstić information content (AvgIpc) is 3.09. The first kappa shape index (κ1) is 16.5. The molecule has 4 heteroatoms. The molecule has 4 nitrogen and oxygen atoms in total. The highest BCUT2D eigenvalue weighted by molar-refractivity contribution is 5.76. The van der Waals surface area contributed by atoms with Gasteiger partial charge in [-0.05, 0) is 63.6 Å². The van der Waals surface area contributed by atoms with Crippen LogP contribution in [0.3, 0.4) is 0 Å². The Morgan fingerprint density at radius 2 is 1.83 bits per heavy atom. The molecule has 1 saturated carbocycles.